The van der Waals surface area contributed by atoms with Crippen molar-refractivity contribution in [1.82, 2.24) is 0 Å². The van der Waals surface area contributed by atoms with E-state index >= 15 is 0 Å². The summed E-state index contributed by atoms with van der Waals surface area (Å²) in [5.74, 6) is 0.885. The van der Waals surface area contributed by atoms with Gasteiger partial charge in [0.2, 0.25) is 0 Å². The second kappa shape index (κ2) is 4.49. The van der Waals surface area contributed by atoms with Crippen molar-refractivity contribution in [2.45, 2.75) is 6.92 Å². The van der Waals surface area contributed by atoms with Gasteiger partial charge in [-0.1, -0.05) is 0 Å². The minimum absolute atomic E-state index is 0.753. The summed E-state index contributed by atoms with van der Waals surface area (Å²) in [7, 11) is 1.66. The summed E-state index contributed by atoms with van der Waals surface area (Å²) in [6.45, 7) is 2.01. The van der Waals surface area contributed by atoms with Crippen LogP contribution in [-0.4, -0.2) is 13.4 Å². The molecule has 0 bridgehead atoms. The zero-order valence-corrected chi connectivity index (χ0v) is 10.0. The van der Waals surface area contributed by atoms with E-state index in [4.69, 9.17) is 4.74 Å². The molecule has 0 radical (unpaired) electrons. The number of ether oxygens (including phenoxy) is 1. The van der Waals surface area contributed by atoms with Crippen LogP contribution in [0.3, 0.4) is 0 Å². The van der Waals surface area contributed by atoms with Gasteiger partial charge in [0.1, 0.15) is 5.75 Å². The molecule has 1 aromatic carbocycles. The van der Waals surface area contributed by atoms with E-state index in [9.17, 15) is 4.79 Å². The van der Waals surface area contributed by atoms with Gasteiger partial charge < -0.3 is 4.74 Å². The number of hydrogen-bond acceptors (Lipinski definition) is 3. The fourth-order valence-corrected chi connectivity index (χ4v) is 2.42. The Morgan fingerprint density at radius 1 is 1.25 bits per heavy atom. The first-order valence-corrected chi connectivity index (χ1v) is 5.76. The van der Waals surface area contributed by atoms with E-state index in [0.717, 1.165) is 32.9 Å². The molecule has 0 N–H and O–H groups in total. The molecule has 0 atom stereocenters. The number of rotatable bonds is 3. The summed E-state index contributed by atoms with van der Waals surface area (Å²) in [4.78, 5) is 12.5. The smallest absolute Gasteiger partial charge is 0.160 e. The molecular weight excluding hydrogens is 220 g/mol. The lowest BCUT2D eigenvalue weighted by molar-refractivity contribution is 0.112. The number of benzene rings is 1. The van der Waals surface area contributed by atoms with Crippen molar-refractivity contribution >= 4 is 17.6 Å². The average molecular weight is 232 g/mol. The van der Waals surface area contributed by atoms with Crippen molar-refractivity contribution in [3.05, 3.63) is 40.8 Å². The average Bonchev–Trinajstić information content (AvgIpc) is 2.77. The van der Waals surface area contributed by atoms with Gasteiger partial charge >= 0.3 is 0 Å². The van der Waals surface area contributed by atoms with Gasteiger partial charge in [-0.15, -0.1) is 11.3 Å². The highest BCUT2D eigenvalue weighted by Gasteiger charge is 2.04. The van der Waals surface area contributed by atoms with E-state index in [0.29, 0.717) is 0 Å². The second-order valence-electron chi connectivity index (χ2n) is 3.50. The summed E-state index contributed by atoms with van der Waals surface area (Å²) in [5.41, 5.74) is 2.22. The summed E-state index contributed by atoms with van der Waals surface area (Å²) >= 11 is 1.50. The maximum atomic E-state index is 10.6. The largest absolute Gasteiger partial charge is 0.496 e. The number of carbonyl (C=O) groups excluding carboxylic acids is 1. The molecule has 0 aliphatic heterocycles. The summed E-state index contributed by atoms with van der Waals surface area (Å²) < 4.78 is 5.21. The zero-order chi connectivity index (χ0) is 11.5. The van der Waals surface area contributed by atoms with E-state index < -0.39 is 0 Å². The lowest BCUT2D eigenvalue weighted by Crippen LogP contribution is -1.86. The molecule has 82 valence electrons. The van der Waals surface area contributed by atoms with Gasteiger partial charge in [-0.25, -0.2) is 0 Å². The Hall–Kier alpha value is -1.61. The fraction of sp³-hybridized carbons (Fsp3) is 0.154. The van der Waals surface area contributed by atoms with Gasteiger partial charge in [-0.2, -0.15) is 0 Å². The molecule has 0 saturated carbocycles. The van der Waals surface area contributed by atoms with Crippen molar-refractivity contribution < 1.29 is 9.53 Å². The van der Waals surface area contributed by atoms with Gasteiger partial charge in [0.05, 0.1) is 12.0 Å². The van der Waals surface area contributed by atoms with E-state index in [1.54, 1.807) is 7.11 Å². The molecule has 0 amide bonds. The van der Waals surface area contributed by atoms with E-state index in [1.165, 1.54) is 11.3 Å². The third-order valence-corrected chi connectivity index (χ3v) is 3.48. The monoisotopic (exact) mass is 232 g/mol. The number of methoxy groups -OCH3 is 1. The highest BCUT2D eigenvalue weighted by atomic mass is 32.1. The number of hydrogen-bond donors (Lipinski definition) is 0. The summed E-state index contributed by atoms with van der Waals surface area (Å²) in [6.07, 6.45) is 0.880. The Labute approximate surface area is 98.5 Å². The molecule has 2 rings (SSSR count). The lowest BCUT2D eigenvalue weighted by Gasteiger charge is -2.05. The molecule has 0 spiro atoms. The van der Waals surface area contributed by atoms with Crippen LogP contribution in [0.5, 0.6) is 5.75 Å². The highest BCUT2D eigenvalue weighted by molar-refractivity contribution is 7.17. The lowest BCUT2D eigenvalue weighted by atomic mass is 10.1. The Bertz CT molecular complexity index is 514. The van der Waals surface area contributed by atoms with Crippen LogP contribution in [0.4, 0.5) is 0 Å². The maximum Gasteiger partial charge on any atom is 0.160 e. The Kier molecular flexibility index (Phi) is 3.06. The van der Waals surface area contributed by atoms with E-state index in [1.807, 2.05) is 31.2 Å². The normalized spacial score (nSPS) is 10.1. The first kappa shape index (κ1) is 10.9. The SMILES string of the molecule is COc1ccc(-c2ccc(C=O)s2)cc1C. The van der Waals surface area contributed by atoms with E-state index in [2.05, 4.69) is 6.07 Å². The van der Waals surface area contributed by atoms with Crippen molar-refractivity contribution in [3.8, 4) is 16.2 Å². The van der Waals surface area contributed by atoms with Crippen molar-refractivity contribution in [1.29, 1.82) is 0 Å². The van der Waals surface area contributed by atoms with Crippen LogP contribution in [-0.2, 0) is 0 Å². The third kappa shape index (κ3) is 1.99. The molecule has 1 heterocycles. The predicted octanol–water partition coefficient (Wildman–Crippen LogP) is 3.54. The van der Waals surface area contributed by atoms with Crippen molar-refractivity contribution in [2.75, 3.05) is 7.11 Å². The van der Waals surface area contributed by atoms with Crippen molar-refractivity contribution in [2.24, 2.45) is 0 Å². The topological polar surface area (TPSA) is 26.3 Å². The molecule has 2 aromatic rings. The second-order valence-corrected chi connectivity index (χ2v) is 4.62. The molecule has 0 saturated heterocycles. The Balaban J connectivity index is 2.40. The summed E-state index contributed by atoms with van der Waals surface area (Å²) in [5, 5.41) is 0. The Morgan fingerprint density at radius 3 is 2.62 bits per heavy atom. The minimum atomic E-state index is 0.753. The van der Waals surface area contributed by atoms with Gasteiger partial charge in [-0.3, -0.25) is 4.79 Å². The van der Waals surface area contributed by atoms with Gasteiger partial charge in [0.15, 0.2) is 6.29 Å². The number of aldehydes is 1. The fourth-order valence-electron chi connectivity index (χ4n) is 1.60. The number of aryl methyl sites for hydroxylation is 1. The quantitative estimate of drug-likeness (QED) is 0.756. The van der Waals surface area contributed by atoms with Gasteiger partial charge in [-0.05, 0) is 48.4 Å². The third-order valence-electron chi connectivity index (χ3n) is 2.42. The predicted molar refractivity (Wildman–Crippen MR) is 66.4 cm³/mol. The summed E-state index contributed by atoms with van der Waals surface area (Å²) in [6, 6.07) is 9.83. The highest BCUT2D eigenvalue weighted by Crippen LogP contribution is 2.30. The molecular formula is C13H12O2S. The van der Waals surface area contributed by atoms with Gasteiger partial charge in [0.25, 0.3) is 0 Å². The standard InChI is InChI=1S/C13H12O2S/c1-9-7-10(3-5-12(9)15-2)13-6-4-11(8-14)16-13/h3-8H,1-2H3. The van der Waals surface area contributed by atoms with Crippen LogP contribution in [0.25, 0.3) is 10.4 Å². The molecule has 2 nitrogen and oxygen atoms in total. The van der Waals surface area contributed by atoms with Crippen LogP contribution in [0.15, 0.2) is 30.3 Å². The molecule has 3 heteroatoms. The van der Waals surface area contributed by atoms with Crippen LogP contribution in [0, 0.1) is 6.92 Å². The molecule has 0 aliphatic carbocycles. The Morgan fingerprint density at radius 2 is 2.06 bits per heavy atom. The minimum Gasteiger partial charge on any atom is -0.496 e. The molecule has 1 aromatic heterocycles. The number of carbonyl (C=O) groups is 1. The van der Waals surface area contributed by atoms with Gasteiger partial charge in [0, 0.05) is 4.88 Å². The molecule has 0 aliphatic rings. The maximum absolute atomic E-state index is 10.6. The molecule has 0 unspecified atom stereocenters. The van der Waals surface area contributed by atoms with E-state index in [-0.39, 0.29) is 0 Å². The van der Waals surface area contributed by atoms with Crippen LogP contribution in [0.1, 0.15) is 15.2 Å². The van der Waals surface area contributed by atoms with Crippen LogP contribution < -0.4 is 4.74 Å². The first-order chi connectivity index (χ1) is 7.74. The van der Waals surface area contributed by atoms with Crippen LogP contribution >= 0.6 is 11.3 Å². The zero-order valence-electron chi connectivity index (χ0n) is 9.19. The molecule has 0 fully saturated rings. The first-order valence-electron chi connectivity index (χ1n) is 4.94. The molecule has 16 heavy (non-hydrogen) atoms. The van der Waals surface area contributed by atoms with Crippen LogP contribution in [0.2, 0.25) is 0 Å². The van der Waals surface area contributed by atoms with Crippen molar-refractivity contribution in [3.63, 3.8) is 0 Å². The number of thiophene rings is 1.